The summed E-state index contributed by atoms with van der Waals surface area (Å²) in [5.41, 5.74) is 0.828. The third kappa shape index (κ3) is 6.53. The van der Waals surface area contributed by atoms with E-state index in [-0.39, 0.29) is 5.82 Å². The quantitative estimate of drug-likeness (QED) is 0.666. The molecule has 0 bridgehead atoms. The molecule has 0 aliphatic carbocycles. The second-order valence-electron chi connectivity index (χ2n) is 5.07. The molecule has 0 aromatic heterocycles. The monoisotopic (exact) mass is 329 g/mol. The maximum Gasteiger partial charge on any atom is 0.127 e. The van der Waals surface area contributed by atoms with Crippen molar-refractivity contribution in [2.24, 2.45) is 0 Å². The minimum atomic E-state index is -0.0945. The van der Waals surface area contributed by atoms with E-state index in [4.69, 9.17) is 0 Å². The van der Waals surface area contributed by atoms with E-state index in [9.17, 15) is 4.39 Å². The number of rotatable bonds is 9. The molecule has 1 rings (SSSR count). The van der Waals surface area contributed by atoms with E-state index in [1.165, 1.54) is 19.3 Å². The largest absolute Gasteiger partial charge is 0.314 e. The van der Waals surface area contributed by atoms with Gasteiger partial charge in [-0.1, -0.05) is 42.3 Å². The molecule has 19 heavy (non-hydrogen) atoms. The van der Waals surface area contributed by atoms with Crippen LogP contribution < -0.4 is 5.32 Å². The molecule has 0 aliphatic rings. The van der Waals surface area contributed by atoms with Crippen LogP contribution in [-0.2, 0) is 6.42 Å². The number of hydrogen-bond acceptors (Lipinski definition) is 1. The van der Waals surface area contributed by atoms with Gasteiger partial charge in [-0.3, -0.25) is 0 Å². The summed E-state index contributed by atoms with van der Waals surface area (Å²) >= 11 is 3.29. The molecule has 1 nitrogen and oxygen atoms in total. The zero-order valence-electron chi connectivity index (χ0n) is 12.0. The van der Waals surface area contributed by atoms with Crippen molar-refractivity contribution in [2.75, 3.05) is 6.54 Å². The Morgan fingerprint density at radius 3 is 2.63 bits per heavy atom. The number of halogens is 2. The van der Waals surface area contributed by atoms with Crippen LogP contribution in [0.1, 0.15) is 51.5 Å². The molecule has 108 valence electrons. The standard InChI is InChI=1S/C16H25BrFN/c1-3-6-15(19-11-4-2)8-5-7-13-9-10-14(17)12-16(13)18/h9-10,12,15,19H,3-8,11H2,1-2H3. The van der Waals surface area contributed by atoms with Crippen molar-refractivity contribution in [3.05, 3.63) is 34.1 Å². The third-order valence-electron chi connectivity index (χ3n) is 3.33. The Morgan fingerprint density at radius 2 is 2.00 bits per heavy atom. The molecule has 0 amide bonds. The highest BCUT2D eigenvalue weighted by molar-refractivity contribution is 9.10. The van der Waals surface area contributed by atoms with Gasteiger partial charge < -0.3 is 5.32 Å². The Balaban J connectivity index is 2.38. The highest BCUT2D eigenvalue weighted by Crippen LogP contribution is 2.17. The van der Waals surface area contributed by atoms with Gasteiger partial charge in [-0.05, 0) is 56.3 Å². The first-order chi connectivity index (χ1) is 9.17. The summed E-state index contributed by atoms with van der Waals surface area (Å²) in [6.07, 6.45) is 6.58. The van der Waals surface area contributed by atoms with Gasteiger partial charge in [-0.2, -0.15) is 0 Å². The van der Waals surface area contributed by atoms with E-state index in [1.54, 1.807) is 6.07 Å². The number of aryl methyl sites for hydroxylation is 1. The summed E-state index contributed by atoms with van der Waals surface area (Å²) < 4.78 is 14.5. The molecule has 0 heterocycles. The van der Waals surface area contributed by atoms with Gasteiger partial charge in [0.1, 0.15) is 5.82 Å². The predicted octanol–water partition coefficient (Wildman–Crippen LogP) is 5.08. The van der Waals surface area contributed by atoms with Crippen LogP contribution in [0.3, 0.4) is 0 Å². The van der Waals surface area contributed by atoms with Gasteiger partial charge in [0.15, 0.2) is 0 Å². The minimum absolute atomic E-state index is 0.0945. The lowest BCUT2D eigenvalue weighted by atomic mass is 10.0. The summed E-state index contributed by atoms with van der Waals surface area (Å²) in [7, 11) is 0. The maximum absolute atomic E-state index is 13.7. The van der Waals surface area contributed by atoms with Gasteiger partial charge in [0.2, 0.25) is 0 Å². The summed E-state index contributed by atoms with van der Waals surface area (Å²) in [5, 5.41) is 3.58. The van der Waals surface area contributed by atoms with Gasteiger partial charge >= 0.3 is 0 Å². The zero-order chi connectivity index (χ0) is 14.1. The van der Waals surface area contributed by atoms with E-state index < -0.39 is 0 Å². The molecule has 1 aromatic carbocycles. The Kier molecular flexibility index (Phi) is 8.31. The van der Waals surface area contributed by atoms with E-state index >= 15 is 0 Å². The number of hydrogen-bond donors (Lipinski definition) is 1. The van der Waals surface area contributed by atoms with E-state index in [1.807, 2.05) is 12.1 Å². The van der Waals surface area contributed by atoms with E-state index in [0.29, 0.717) is 6.04 Å². The second kappa shape index (κ2) is 9.49. The molecular weight excluding hydrogens is 305 g/mol. The molecule has 0 aliphatic heterocycles. The lowest BCUT2D eigenvalue weighted by molar-refractivity contribution is 0.436. The van der Waals surface area contributed by atoms with Crippen molar-refractivity contribution < 1.29 is 4.39 Å². The van der Waals surface area contributed by atoms with Crippen molar-refractivity contribution in [1.82, 2.24) is 5.32 Å². The first kappa shape index (κ1) is 16.6. The molecule has 0 fully saturated rings. The number of benzene rings is 1. The topological polar surface area (TPSA) is 12.0 Å². The Morgan fingerprint density at radius 1 is 1.21 bits per heavy atom. The van der Waals surface area contributed by atoms with Gasteiger partial charge in [0.25, 0.3) is 0 Å². The lowest BCUT2D eigenvalue weighted by Gasteiger charge is -2.17. The van der Waals surface area contributed by atoms with Crippen LogP contribution in [0, 0.1) is 5.82 Å². The van der Waals surface area contributed by atoms with Crippen molar-refractivity contribution >= 4 is 15.9 Å². The van der Waals surface area contributed by atoms with Crippen LogP contribution >= 0.6 is 15.9 Å². The minimum Gasteiger partial charge on any atom is -0.314 e. The van der Waals surface area contributed by atoms with E-state index in [0.717, 1.165) is 35.8 Å². The van der Waals surface area contributed by atoms with E-state index in [2.05, 4.69) is 35.1 Å². The zero-order valence-corrected chi connectivity index (χ0v) is 13.6. The fourth-order valence-electron chi connectivity index (χ4n) is 2.31. The van der Waals surface area contributed by atoms with Crippen molar-refractivity contribution in [3.63, 3.8) is 0 Å². The van der Waals surface area contributed by atoms with Crippen LogP contribution in [0.5, 0.6) is 0 Å². The fraction of sp³-hybridized carbons (Fsp3) is 0.625. The second-order valence-corrected chi connectivity index (χ2v) is 5.98. The van der Waals surface area contributed by atoms with Gasteiger partial charge in [-0.25, -0.2) is 4.39 Å². The smallest absolute Gasteiger partial charge is 0.127 e. The Hall–Kier alpha value is -0.410. The van der Waals surface area contributed by atoms with Gasteiger partial charge in [0, 0.05) is 10.5 Å². The van der Waals surface area contributed by atoms with Gasteiger partial charge in [-0.15, -0.1) is 0 Å². The van der Waals surface area contributed by atoms with Gasteiger partial charge in [0.05, 0.1) is 0 Å². The first-order valence-corrected chi connectivity index (χ1v) is 8.14. The maximum atomic E-state index is 13.7. The Bertz CT molecular complexity index is 368. The average molecular weight is 330 g/mol. The van der Waals surface area contributed by atoms with Crippen LogP contribution in [-0.4, -0.2) is 12.6 Å². The molecule has 0 radical (unpaired) electrons. The summed E-state index contributed by atoms with van der Waals surface area (Å²) in [6.45, 7) is 5.49. The van der Waals surface area contributed by atoms with Crippen LogP contribution in [0.15, 0.2) is 22.7 Å². The average Bonchev–Trinajstić information content (AvgIpc) is 2.38. The van der Waals surface area contributed by atoms with Crippen LogP contribution in [0.4, 0.5) is 4.39 Å². The Labute approximate surface area is 125 Å². The summed E-state index contributed by atoms with van der Waals surface area (Å²) in [5.74, 6) is -0.0945. The van der Waals surface area contributed by atoms with Crippen LogP contribution in [0.2, 0.25) is 0 Å². The molecule has 1 N–H and O–H groups in total. The van der Waals surface area contributed by atoms with Crippen molar-refractivity contribution in [3.8, 4) is 0 Å². The highest BCUT2D eigenvalue weighted by atomic mass is 79.9. The molecule has 1 unspecified atom stereocenters. The fourth-order valence-corrected chi connectivity index (χ4v) is 2.64. The molecular formula is C16H25BrFN. The molecule has 0 saturated heterocycles. The summed E-state index contributed by atoms with van der Waals surface area (Å²) in [6, 6.07) is 5.93. The summed E-state index contributed by atoms with van der Waals surface area (Å²) in [4.78, 5) is 0. The molecule has 1 atom stereocenters. The number of nitrogens with one attached hydrogen (secondary N) is 1. The van der Waals surface area contributed by atoms with Crippen molar-refractivity contribution in [2.45, 2.75) is 58.4 Å². The SMILES string of the molecule is CCCNC(CCC)CCCc1ccc(Br)cc1F. The lowest BCUT2D eigenvalue weighted by Crippen LogP contribution is -2.29. The first-order valence-electron chi connectivity index (χ1n) is 7.34. The van der Waals surface area contributed by atoms with Crippen molar-refractivity contribution in [1.29, 1.82) is 0 Å². The molecule has 0 saturated carbocycles. The highest BCUT2D eigenvalue weighted by Gasteiger charge is 2.08. The normalized spacial score (nSPS) is 12.6. The third-order valence-corrected chi connectivity index (χ3v) is 3.83. The molecule has 1 aromatic rings. The molecule has 0 spiro atoms. The molecule has 3 heteroatoms. The van der Waals surface area contributed by atoms with Crippen LogP contribution in [0.25, 0.3) is 0 Å². The predicted molar refractivity (Wildman–Crippen MR) is 84.0 cm³/mol.